The zero-order valence-electron chi connectivity index (χ0n) is 16.6. The van der Waals surface area contributed by atoms with Crippen molar-refractivity contribution in [3.05, 3.63) is 95.1 Å². The molecule has 1 atom stereocenters. The molecule has 3 aromatic rings. The Kier molecular flexibility index (Phi) is 5.42. The SMILES string of the molecule is CN(C(=O)OCC1c2ccccc2-c2ccccc21)C(C(=O)O)c1cc(F)cc(F)c1. The molecule has 7 heteroatoms. The first-order chi connectivity index (χ1) is 14.9. The summed E-state index contributed by atoms with van der Waals surface area (Å²) in [6, 6.07) is 16.4. The fourth-order valence-corrected chi connectivity index (χ4v) is 4.07. The second kappa shape index (κ2) is 8.18. The lowest BCUT2D eigenvalue weighted by Crippen LogP contribution is -2.37. The molecule has 0 heterocycles. The van der Waals surface area contributed by atoms with Crippen LogP contribution in [0.5, 0.6) is 0 Å². The Labute approximate surface area is 177 Å². The zero-order chi connectivity index (χ0) is 22.1. The van der Waals surface area contributed by atoms with E-state index in [0.717, 1.165) is 39.3 Å². The van der Waals surface area contributed by atoms with Gasteiger partial charge in [0.15, 0.2) is 6.04 Å². The summed E-state index contributed by atoms with van der Waals surface area (Å²) in [6.45, 7) is 0.00104. The van der Waals surface area contributed by atoms with E-state index < -0.39 is 29.7 Å². The minimum absolute atomic E-state index is 0.00104. The van der Waals surface area contributed by atoms with E-state index >= 15 is 0 Å². The van der Waals surface area contributed by atoms with E-state index in [1.165, 1.54) is 7.05 Å². The van der Waals surface area contributed by atoms with Crippen LogP contribution in [0.1, 0.15) is 28.7 Å². The van der Waals surface area contributed by atoms with Crippen LogP contribution in [0.2, 0.25) is 0 Å². The lowest BCUT2D eigenvalue weighted by Gasteiger charge is -2.25. The van der Waals surface area contributed by atoms with Gasteiger partial charge in [-0.2, -0.15) is 0 Å². The molecule has 3 aromatic carbocycles. The van der Waals surface area contributed by atoms with Gasteiger partial charge in [-0.3, -0.25) is 4.90 Å². The Morgan fingerprint density at radius 1 is 0.968 bits per heavy atom. The Bertz CT molecular complexity index is 1100. The number of fused-ring (bicyclic) bond motifs is 3. The van der Waals surface area contributed by atoms with Gasteiger partial charge in [-0.15, -0.1) is 0 Å². The van der Waals surface area contributed by atoms with Crippen LogP contribution in [-0.2, 0) is 9.53 Å². The third kappa shape index (κ3) is 3.86. The van der Waals surface area contributed by atoms with Gasteiger partial charge in [-0.1, -0.05) is 48.5 Å². The number of hydrogen-bond donors (Lipinski definition) is 1. The van der Waals surface area contributed by atoms with Crippen molar-refractivity contribution in [2.75, 3.05) is 13.7 Å². The van der Waals surface area contributed by atoms with Crippen LogP contribution in [0, 0.1) is 11.6 Å². The summed E-state index contributed by atoms with van der Waals surface area (Å²) in [7, 11) is 1.22. The van der Waals surface area contributed by atoms with Crippen molar-refractivity contribution in [2.45, 2.75) is 12.0 Å². The molecule has 0 saturated carbocycles. The van der Waals surface area contributed by atoms with Crippen molar-refractivity contribution in [1.29, 1.82) is 0 Å². The number of carboxylic acids is 1. The molecule has 0 radical (unpaired) electrons. The summed E-state index contributed by atoms with van der Waals surface area (Å²) < 4.78 is 32.6. The van der Waals surface area contributed by atoms with Gasteiger partial charge < -0.3 is 9.84 Å². The summed E-state index contributed by atoms with van der Waals surface area (Å²) >= 11 is 0. The molecule has 0 saturated heterocycles. The number of halogens is 2. The molecule has 1 amide bonds. The predicted octanol–water partition coefficient (Wildman–Crippen LogP) is 4.97. The number of benzene rings is 3. The van der Waals surface area contributed by atoms with Crippen molar-refractivity contribution in [2.24, 2.45) is 0 Å². The molecular weight excluding hydrogens is 404 g/mol. The van der Waals surface area contributed by atoms with E-state index in [9.17, 15) is 23.5 Å². The Morgan fingerprint density at radius 3 is 2.00 bits per heavy atom. The van der Waals surface area contributed by atoms with Crippen LogP contribution < -0.4 is 0 Å². The number of hydrogen-bond acceptors (Lipinski definition) is 3. The molecule has 0 spiro atoms. The number of aliphatic carboxylic acids is 1. The first-order valence-corrected chi connectivity index (χ1v) is 9.63. The highest BCUT2D eigenvalue weighted by atomic mass is 19.1. The van der Waals surface area contributed by atoms with E-state index in [4.69, 9.17) is 4.74 Å². The van der Waals surface area contributed by atoms with Gasteiger partial charge in [-0.25, -0.2) is 18.4 Å². The number of carboxylic acid groups (broad SMARTS) is 1. The normalized spacial score (nSPS) is 13.3. The smallest absolute Gasteiger partial charge is 0.410 e. The molecule has 0 aliphatic heterocycles. The number of carbonyl (C=O) groups excluding carboxylic acids is 1. The molecular formula is C24H19F2NO4. The highest BCUT2D eigenvalue weighted by Crippen LogP contribution is 2.44. The lowest BCUT2D eigenvalue weighted by atomic mass is 9.98. The maximum absolute atomic E-state index is 13.6. The average molecular weight is 423 g/mol. The van der Waals surface area contributed by atoms with Crippen LogP contribution in [0.25, 0.3) is 11.1 Å². The lowest BCUT2D eigenvalue weighted by molar-refractivity contribution is -0.142. The van der Waals surface area contributed by atoms with E-state index in [1.807, 2.05) is 48.5 Å². The zero-order valence-corrected chi connectivity index (χ0v) is 16.6. The van der Waals surface area contributed by atoms with Crippen molar-refractivity contribution in [1.82, 2.24) is 4.90 Å². The molecule has 1 N–H and O–H groups in total. The number of ether oxygens (including phenoxy) is 1. The van der Waals surface area contributed by atoms with E-state index in [2.05, 4.69) is 0 Å². The molecule has 5 nitrogen and oxygen atoms in total. The number of amides is 1. The minimum Gasteiger partial charge on any atom is -0.479 e. The molecule has 31 heavy (non-hydrogen) atoms. The van der Waals surface area contributed by atoms with Crippen molar-refractivity contribution in [3.8, 4) is 11.1 Å². The monoisotopic (exact) mass is 423 g/mol. The third-order valence-corrected chi connectivity index (χ3v) is 5.45. The Morgan fingerprint density at radius 2 is 1.48 bits per heavy atom. The van der Waals surface area contributed by atoms with Gasteiger partial charge in [0.05, 0.1) is 0 Å². The molecule has 158 valence electrons. The van der Waals surface area contributed by atoms with Crippen LogP contribution in [0.3, 0.4) is 0 Å². The predicted molar refractivity (Wildman–Crippen MR) is 110 cm³/mol. The second-order valence-electron chi connectivity index (χ2n) is 7.36. The summed E-state index contributed by atoms with van der Waals surface area (Å²) in [6.07, 6.45) is -0.904. The highest BCUT2D eigenvalue weighted by molar-refractivity contribution is 5.82. The molecule has 1 aliphatic carbocycles. The highest BCUT2D eigenvalue weighted by Gasteiger charge is 2.33. The maximum Gasteiger partial charge on any atom is 0.410 e. The first kappa shape index (κ1) is 20.5. The topological polar surface area (TPSA) is 66.8 Å². The standard InChI is InChI=1S/C24H19F2NO4/c1-27(22(23(28)29)14-10-15(25)12-16(26)11-14)24(30)31-13-21-19-8-4-2-6-17(19)18-7-3-5-9-20(18)21/h2-12,21-22H,13H2,1H3,(H,28,29). The molecule has 1 unspecified atom stereocenters. The average Bonchev–Trinajstić information content (AvgIpc) is 3.05. The van der Waals surface area contributed by atoms with Crippen LogP contribution in [0.15, 0.2) is 66.7 Å². The van der Waals surface area contributed by atoms with Gasteiger partial charge in [0.25, 0.3) is 0 Å². The second-order valence-corrected chi connectivity index (χ2v) is 7.36. The van der Waals surface area contributed by atoms with Gasteiger partial charge in [0, 0.05) is 19.0 Å². The van der Waals surface area contributed by atoms with Crippen LogP contribution >= 0.6 is 0 Å². The van der Waals surface area contributed by atoms with E-state index in [0.29, 0.717) is 6.07 Å². The van der Waals surface area contributed by atoms with Crippen molar-refractivity contribution < 1.29 is 28.2 Å². The fourth-order valence-electron chi connectivity index (χ4n) is 4.07. The van der Waals surface area contributed by atoms with Gasteiger partial charge in [0.1, 0.15) is 18.2 Å². The van der Waals surface area contributed by atoms with Gasteiger partial charge >= 0.3 is 12.1 Å². The molecule has 0 aromatic heterocycles. The number of carbonyl (C=O) groups is 2. The van der Waals surface area contributed by atoms with Gasteiger partial charge in [-0.05, 0) is 39.9 Å². The van der Waals surface area contributed by atoms with E-state index in [1.54, 1.807) is 0 Å². The number of likely N-dealkylation sites (N-methyl/N-ethyl adjacent to an activating group) is 1. The molecule has 4 rings (SSSR count). The summed E-state index contributed by atoms with van der Waals surface area (Å²) in [5.74, 6) is -3.48. The first-order valence-electron chi connectivity index (χ1n) is 9.63. The number of nitrogens with zero attached hydrogens (tertiary/aromatic N) is 1. The number of rotatable bonds is 5. The molecule has 0 bridgehead atoms. The fraction of sp³-hybridized carbons (Fsp3) is 0.167. The Hall–Kier alpha value is -3.74. The summed E-state index contributed by atoms with van der Waals surface area (Å²) in [5, 5.41) is 9.57. The summed E-state index contributed by atoms with van der Waals surface area (Å²) in [4.78, 5) is 25.3. The third-order valence-electron chi connectivity index (χ3n) is 5.45. The van der Waals surface area contributed by atoms with Crippen LogP contribution in [0.4, 0.5) is 13.6 Å². The molecule has 1 aliphatic rings. The van der Waals surface area contributed by atoms with Gasteiger partial charge in [0.2, 0.25) is 0 Å². The minimum atomic E-state index is -1.60. The summed E-state index contributed by atoms with van der Waals surface area (Å²) in [5.41, 5.74) is 3.96. The van der Waals surface area contributed by atoms with Crippen molar-refractivity contribution >= 4 is 12.1 Å². The quantitative estimate of drug-likeness (QED) is 0.629. The maximum atomic E-state index is 13.6. The van der Waals surface area contributed by atoms with Crippen LogP contribution in [-0.4, -0.2) is 35.7 Å². The van der Waals surface area contributed by atoms with E-state index in [-0.39, 0.29) is 18.1 Å². The largest absolute Gasteiger partial charge is 0.479 e. The Balaban J connectivity index is 1.55. The van der Waals surface area contributed by atoms with Crippen molar-refractivity contribution in [3.63, 3.8) is 0 Å². The molecule has 0 fully saturated rings.